The standard InChI is InChI=1S/C11H20O10/c12-1-4-6(15)7(16)9(10(18)20-4)21-11-8(17)5(14)3(13)2-19-11/h3-18H,1-2H2/t3-,4-,5-,6-,7+,8+,9+,10+,11+/m1/s1. The maximum Gasteiger partial charge on any atom is 0.186 e. The summed E-state index contributed by atoms with van der Waals surface area (Å²) in [7, 11) is 0. The molecule has 10 heteroatoms. The molecule has 9 atom stereocenters. The predicted molar refractivity (Wildman–Crippen MR) is 62.6 cm³/mol. The van der Waals surface area contributed by atoms with Crippen LogP contribution in [0.15, 0.2) is 0 Å². The number of aliphatic hydroxyl groups is 7. The molecule has 0 bridgehead atoms. The average Bonchev–Trinajstić information content (AvgIpc) is 2.47. The molecule has 2 heterocycles. The van der Waals surface area contributed by atoms with E-state index in [9.17, 15) is 30.6 Å². The van der Waals surface area contributed by atoms with E-state index in [2.05, 4.69) is 0 Å². The van der Waals surface area contributed by atoms with E-state index in [1.54, 1.807) is 0 Å². The van der Waals surface area contributed by atoms with E-state index in [4.69, 9.17) is 19.3 Å². The quantitative estimate of drug-likeness (QED) is 0.268. The molecule has 7 N–H and O–H groups in total. The van der Waals surface area contributed by atoms with Crippen molar-refractivity contribution in [3.05, 3.63) is 0 Å². The van der Waals surface area contributed by atoms with E-state index in [1.165, 1.54) is 0 Å². The Morgan fingerprint density at radius 3 is 2.19 bits per heavy atom. The normalized spacial score (nSPS) is 51.9. The highest BCUT2D eigenvalue weighted by Gasteiger charge is 2.48. The minimum Gasteiger partial charge on any atom is -0.394 e. The van der Waals surface area contributed by atoms with Crippen molar-refractivity contribution >= 4 is 0 Å². The summed E-state index contributed by atoms with van der Waals surface area (Å²) in [5.41, 5.74) is 0. The van der Waals surface area contributed by atoms with E-state index >= 15 is 0 Å². The van der Waals surface area contributed by atoms with Gasteiger partial charge in [0, 0.05) is 0 Å². The Kier molecular flexibility index (Phi) is 5.48. The van der Waals surface area contributed by atoms with Crippen molar-refractivity contribution in [2.24, 2.45) is 0 Å². The van der Waals surface area contributed by atoms with E-state index in [0.29, 0.717) is 0 Å². The van der Waals surface area contributed by atoms with Gasteiger partial charge in [0.1, 0.15) is 42.7 Å². The van der Waals surface area contributed by atoms with Crippen molar-refractivity contribution in [1.82, 2.24) is 0 Å². The Bertz CT molecular complexity index is 341. The highest BCUT2D eigenvalue weighted by atomic mass is 16.7. The predicted octanol–water partition coefficient (Wildman–Crippen LogP) is -4.76. The van der Waals surface area contributed by atoms with Crippen LogP contribution < -0.4 is 0 Å². The third-order valence-corrected chi connectivity index (χ3v) is 3.59. The smallest absolute Gasteiger partial charge is 0.186 e. The third kappa shape index (κ3) is 3.35. The molecular weight excluding hydrogens is 292 g/mol. The van der Waals surface area contributed by atoms with Crippen LogP contribution in [-0.2, 0) is 14.2 Å². The van der Waals surface area contributed by atoms with Gasteiger partial charge in [-0.2, -0.15) is 0 Å². The second-order valence-corrected chi connectivity index (χ2v) is 5.08. The van der Waals surface area contributed by atoms with Gasteiger partial charge in [-0.25, -0.2) is 0 Å². The van der Waals surface area contributed by atoms with Crippen molar-refractivity contribution in [2.45, 2.75) is 55.3 Å². The number of ether oxygens (including phenoxy) is 3. The van der Waals surface area contributed by atoms with Gasteiger partial charge in [-0.15, -0.1) is 0 Å². The SMILES string of the molecule is OC[C@H]1O[C@H](O)[C@@H](O[C@@H]2OC[C@@H](O)[C@@H](O)[C@@H]2O)[C@@H](O)[C@@H]1O. The van der Waals surface area contributed by atoms with Crippen LogP contribution in [-0.4, -0.2) is 104 Å². The Morgan fingerprint density at radius 1 is 0.905 bits per heavy atom. The second kappa shape index (κ2) is 6.79. The Hall–Kier alpha value is -0.400. The van der Waals surface area contributed by atoms with E-state index < -0.39 is 61.9 Å². The highest BCUT2D eigenvalue weighted by Crippen LogP contribution is 2.26. The summed E-state index contributed by atoms with van der Waals surface area (Å²) in [5.74, 6) is 0. The molecule has 0 saturated carbocycles. The lowest BCUT2D eigenvalue weighted by molar-refractivity contribution is -0.349. The van der Waals surface area contributed by atoms with Gasteiger partial charge in [0.05, 0.1) is 13.2 Å². The number of rotatable bonds is 3. The van der Waals surface area contributed by atoms with Gasteiger partial charge >= 0.3 is 0 Å². The Labute approximate surface area is 119 Å². The van der Waals surface area contributed by atoms with Gasteiger partial charge in [-0.3, -0.25) is 0 Å². The summed E-state index contributed by atoms with van der Waals surface area (Å²) in [4.78, 5) is 0. The molecule has 21 heavy (non-hydrogen) atoms. The van der Waals surface area contributed by atoms with Crippen LogP contribution in [0.3, 0.4) is 0 Å². The first-order valence-corrected chi connectivity index (χ1v) is 6.48. The monoisotopic (exact) mass is 312 g/mol. The van der Waals surface area contributed by atoms with Crippen molar-refractivity contribution < 1.29 is 50.0 Å². The van der Waals surface area contributed by atoms with Crippen LogP contribution in [0, 0.1) is 0 Å². The summed E-state index contributed by atoms with van der Waals surface area (Å²) in [6.07, 6.45) is -13.3. The van der Waals surface area contributed by atoms with Gasteiger partial charge in [0.15, 0.2) is 12.6 Å². The molecule has 0 spiro atoms. The first-order chi connectivity index (χ1) is 9.86. The summed E-state index contributed by atoms with van der Waals surface area (Å²) >= 11 is 0. The Balaban J connectivity index is 2.01. The molecule has 0 aromatic heterocycles. The largest absolute Gasteiger partial charge is 0.394 e. The molecule has 0 aromatic carbocycles. The first kappa shape index (κ1) is 17.0. The summed E-state index contributed by atoms with van der Waals surface area (Å²) in [6, 6.07) is 0. The molecule has 0 amide bonds. The summed E-state index contributed by atoms with van der Waals surface area (Å²) in [6.45, 7) is -0.931. The fraction of sp³-hybridized carbons (Fsp3) is 1.00. The first-order valence-electron chi connectivity index (χ1n) is 6.48. The molecule has 0 unspecified atom stereocenters. The van der Waals surface area contributed by atoms with E-state index in [-0.39, 0.29) is 6.61 Å². The van der Waals surface area contributed by atoms with Gasteiger partial charge in [0.25, 0.3) is 0 Å². The molecule has 0 aromatic rings. The van der Waals surface area contributed by atoms with Crippen molar-refractivity contribution in [3.63, 3.8) is 0 Å². The molecule has 2 aliphatic rings. The maximum absolute atomic E-state index is 9.87. The van der Waals surface area contributed by atoms with Crippen molar-refractivity contribution in [1.29, 1.82) is 0 Å². The highest BCUT2D eigenvalue weighted by molar-refractivity contribution is 4.91. The van der Waals surface area contributed by atoms with Crippen LogP contribution in [0.4, 0.5) is 0 Å². The van der Waals surface area contributed by atoms with Gasteiger partial charge in [-0.05, 0) is 0 Å². The second-order valence-electron chi connectivity index (χ2n) is 5.08. The zero-order chi connectivity index (χ0) is 15.7. The van der Waals surface area contributed by atoms with Gasteiger partial charge in [-0.1, -0.05) is 0 Å². The fourth-order valence-corrected chi connectivity index (χ4v) is 2.27. The Morgan fingerprint density at radius 2 is 1.57 bits per heavy atom. The zero-order valence-corrected chi connectivity index (χ0v) is 11.0. The van der Waals surface area contributed by atoms with Crippen LogP contribution >= 0.6 is 0 Å². The molecule has 2 fully saturated rings. The minimum absolute atomic E-state index is 0.315. The lowest BCUT2D eigenvalue weighted by Crippen LogP contribution is -2.62. The van der Waals surface area contributed by atoms with Crippen LogP contribution in [0.2, 0.25) is 0 Å². The molecule has 2 rings (SSSR count). The maximum atomic E-state index is 9.87. The molecule has 2 aliphatic heterocycles. The number of hydrogen-bond acceptors (Lipinski definition) is 10. The zero-order valence-electron chi connectivity index (χ0n) is 11.0. The summed E-state index contributed by atoms with van der Waals surface area (Å²) in [5, 5.41) is 66.7. The molecule has 124 valence electrons. The van der Waals surface area contributed by atoms with E-state index in [0.717, 1.165) is 0 Å². The lowest BCUT2D eigenvalue weighted by Gasteiger charge is -2.43. The molecule has 2 saturated heterocycles. The third-order valence-electron chi connectivity index (χ3n) is 3.59. The topological polar surface area (TPSA) is 169 Å². The van der Waals surface area contributed by atoms with Gasteiger partial charge < -0.3 is 50.0 Å². The van der Waals surface area contributed by atoms with Crippen LogP contribution in [0.1, 0.15) is 0 Å². The number of aliphatic hydroxyl groups excluding tert-OH is 7. The molecule has 0 radical (unpaired) electrons. The summed E-state index contributed by atoms with van der Waals surface area (Å²) < 4.78 is 15.0. The molecule has 0 aliphatic carbocycles. The lowest BCUT2D eigenvalue weighted by atomic mass is 9.98. The average molecular weight is 312 g/mol. The number of hydrogen-bond donors (Lipinski definition) is 7. The van der Waals surface area contributed by atoms with Crippen molar-refractivity contribution in [2.75, 3.05) is 13.2 Å². The van der Waals surface area contributed by atoms with Crippen LogP contribution in [0.25, 0.3) is 0 Å². The molecule has 10 nitrogen and oxygen atoms in total. The molecular formula is C11H20O10. The van der Waals surface area contributed by atoms with Crippen molar-refractivity contribution in [3.8, 4) is 0 Å². The van der Waals surface area contributed by atoms with E-state index in [1.807, 2.05) is 0 Å². The van der Waals surface area contributed by atoms with Gasteiger partial charge in [0.2, 0.25) is 0 Å². The fourth-order valence-electron chi connectivity index (χ4n) is 2.27. The minimum atomic E-state index is -1.68. The van der Waals surface area contributed by atoms with Crippen LogP contribution in [0.5, 0.6) is 0 Å².